The molecule has 0 saturated heterocycles. The second kappa shape index (κ2) is 4.13. The Kier molecular flexibility index (Phi) is 3.11. The molecule has 14 heavy (non-hydrogen) atoms. The largest absolute Gasteiger partial charge is 0.382 e. The summed E-state index contributed by atoms with van der Waals surface area (Å²) in [5, 5.41) is 6.77. The fraction of sp³-hybridized carbons (Fsp3) is 0.556. The van der Waals surface area contributed by atoms with E-state index >= 15 is 0 Å². The third kappa shape index (κ3) is 2.76. The first-order valence-corrected chi connectivity index (χ1v) is 4.58. The van der Waals surface area contributed by atoms with Crippen molar-refractivity contribution in [1.82, 2.24) is 15.1 Å². The van der Waals surface area contributed by atoms with Gasteiger partial charge in [0.05, 0.1) is 0 Å². The molecule has 1 amide bonds. The van der Waals surface area contributed by atoms with E-state index in [1.807, 2.05) is 20.8 Å². The van der Waals surface area contributed by atoms with Gasteiger partial charge in [-0.2, -0.15) is 5.10 Å². The zero-order chi connectivity index (χ0) is 10.7. The molecule has 0 radical (unpaired) electrons. The number of nitrogens with two attached hydrogens (primary N) is 1. The Bertz CT molecular complexity index is 310. The number of rotatable bonds is 3. The molecule has 0 aliphatic heterocycles. The smallest absolute Gasteiger partial charge is 0.241 e. The molecule has 0 atom stereocenters. The minimum Gasteiger partial charge on any atom is -0.382 e. The molecule has 0 aromatic carbocycles. The lowest BCUT2D eigenvalue weighted by Crippen LogP contribution is -2.33. The van der Waals surface area contributed by atoms with Gasteiger partial charge in [-0.05, 0) is 20.8 Å². The van der Waals surface area contributed by atoms with E-state index in [0.717, 1.165) is 5.56 Å². The minimum absolute atomic E-state index is 0.0532. The maximum absolute atomic E-state index is 11.3. The van der Waals surface area contributed by atoms with Crippen LogP contribution in [0.3, 0.4) is 0 Å². The predicted molar refractivity (Wildman–Crippen MR) is 54.7 cm³/mol. The van der Waals surface area contributed by atoms with Crippen molar-refractivity contribution < 1.29 is 4.79 Å². The molecule has 1 rings (SSSR count). The predicted octanol–water partition coefficient (Wildman–Crippen LogP) is 0.298. The van der Waals surface area contributed by atoms with Gasteiger partial charge in [0.25, 0.3) is 0 Å². The van der Waals surface area contributed by atoms with Gasteiger partial charge in [0, 0.05) is 17.8 Å². The van der Waals surface area contributed by atoms with E-state index in [0.29, 0.717) is 5.82 Å². The Morgan fingerprint density at radius 1 is 1.71 bits per heavy atom. The number of amides is 1. The van der Waals surface area contributed by atoms with Crippen LogP contribution in [0.4, 0.5) is 5.82 Å². The molecule has 1 aromatic rings. The van der Waals surface area contributed by atoms with E-state index in [9.17, 15) is 4.79 Å². The number of anilines is 1. The SMILES string of the molecule is Cc1cn(CC(=O)NC(C)C)nc1N. The number of hydrogen-bond donors (Lipinski definition) is 2. The second-order valence-electron chi connectivity index (χ2n) is 3.62. The molecule has 0 spiro atoms. The van der Waals surface area contributed by atoms with Crippen molar-refractivity contribution in [3.63, 3.8) is 0 Å². The summed E-state index contributed by atoms with van der Waals surface area (Å²) in [7, 11) is 0. The number of nitrogens with one attached hydrogen (secondary N) is 1. The van der Waals surface area contributed by atoms with Gasteiger partial charge in [0.15, 0.2) is 0 Å². The van der Waals surface area contributed by atoms with Crippen molar-refractivity contribution in [3.8, 4) is 0 Å². The summed E-state index contributed by atoms with van der Waals surface area (Å²) in [5.74, 6) is 0.421. The summed E-state index contributed by atoms with van der Waals surface area (Å²) in [4.78, 5) is 11.3. The van der Waals surface area contributed by atoms with Crippen LogP contribution in [0.5, 0.6) is 0 Å². The van der Waals surface area contributed by atoms with Gasteiger partial charge < -0.3 is 11.1 Å². The summed E-state index contributed by atoms with van der Waals surface area (Å²) in [5.41, 5.74) is 6.45. The molecule has 1 heterocycles. The van der Waals surface area contributed by atoms with Gasteiger partial charge in [-0.1, -0.05) is 0 Å². The highest BCUT2D eigenvalue weighted by molar-refractivity contribution is 5.75. The third-order valence-electron chi connectivity index (χ3n) is 1.74. The van der Waals surface area contributed by atoms with Crippen LogP contribution in [-0.2, 0) is 11.3 Å². The van der Waals surface area contributed by atoms with E-state index in [4.69, 9.17) is 5.73 Å². The number of nitrogen functional groups attached to an aromatic ring is 1. The molecule has 0 fully saturated rings. The molecule has 0 bridgehead atoms. The van der Waals surface area contributed by atoms with E-state index in [-0.39, 0.29) is 18.5 Å². The van der Waals surface area contributed by atoms with Crippen molar-refractivity contribution in [2.45, 2.75) is 33.4 Å². The molecule has 0 saturated carbocycles. The average molecular weight is 196 g/mol. The molecular weight excluding hydrogens is 180 g/mol. The highest BCUT2D eigenvalue weighted by Gasteiger charge is 2.06. The standard InChI is InChI=1S/C9H16N4O/c1-6(2)11-8(14)5-13-4-7(3)9(10)12-13/h4,6H,5H2,1-3H3,(H2,10,12)(H,11,14). The normalized spacial score (nSPS) is 10.6. The number of nitrogens with zero attached hydrogens (tertiary/aromatic N) is 2. The van der Waals surface area contributed by atoms with E-state index in [2.05, 4.69) is 10.4 Å². The number of carbonyl (C=O) groups is 1. The number of carbonyl (C=O) groups excluding carboxylic acids is 1. The minimum atomic E-state index is -0.0532. The van der Waals surface area contributed by atoms with Crippen LogP contribution in [0.15, 0.2) is 6.20 Å². The quantitative estimate of drug-likeness (QED) is 0.730. The molecule has 5 nitrogen and oxygen atoms in total. The molecule has 5 heteroatoms. The Hall–Kier alpha value is -1.52. The highest BCUT2D eigenvalue weighted by atomic mass is 16.2. The maximum Gasteiger partial charge on any atom is 0.241 e. The van der Waals surface area contributed by atoms with Gasteiger partial charge in [0.1, 0.15) is 12.4 Å². The number of aryl methyl sites for hydroxylation is 1. The van der Waals surface area contributed by atoms with E-state index < -0.39 is 0 Å². The van der Waals surface area contributed by atoms with Gasteiger partial charge >= 0.3 is 0 Å². The van der Waals surface area contributed by atoms with Crippen molar-refractivity contribution in [2.75, 3.05) is 5.73 Å². The van der Waals surface area contributed by atoms with Crippen LogP contribution in [0.2, 0.25) is 0 Å². The molecule has 0 aliphatic rings. The maximum atomic E-state index is 11.3. The highest BCUT2D eigenvalue weighted by Crippen LogP contribution is 2.05. The van der Waals surface area contributed by atoms with Crippen molar-refractivity contribution in [1.29, 1.82) is 0 Å². The summed E-state index contributed by atoms with van der Waals surface area (Å²) in [6.07, 6.45) is 1.76. The van der Waals surface area contributed by atoms with Gasteiger partial charge in [-0.3, -0.25) is 9.48 Å². The first-order valence-electron chi connectivity index (χ1n) is 4.58. The lowest BCUT2D eigenvalue weighted by molar-refractivity contribution is -0.122. The van der Waals surface area contributed by atoms with Crippen LogP contribution in [0, 0.1) is 6.92 Å². The van der Waals surface area contributed by atoms with Crippen LogP contribution in [0.25, 0.3) is 0 Å². The third-order valence-corrected chi connectivity index (χ3v) is 1.74. The van der Waals surface area contributed by atoms with Crippen LogP contribution in [-0.4, -0.2) is 21.7 Å². The zero-order valence-electron chi connectivity index (χ0n) is 8.74. The van der Waals surface area contributed by atoms with Gasteiger partial charge in [0.2, 0.25) is 5.91 Å². The lowest BCUT2D eigenvalue weighted by Gasteiger charge is -2.07. The molecule has 0 unspecified atom stereocenters. The summed E-state index contributed by atoms with van der Waals surface area (Å²) in [6, 6.07) is 0.150. The fourth-order valence-electron chi connectivity index (χ4n) is 1.13. The summed E-state index contributed by atoms with van der Waals surface area (Å²) < 4.78 is 1.54. The van der Waals surface area contributed by atoms with Crippen LogP contribution in [0.1, 0.15) is 19.4 Å². The number of hydrogen-bond acceptors (Lipinski definition) is 3. The lowest BCUT2D eigenvalue weighted by atomic mass is 10.4. The summed E-state index contributed by atoms with van der Waals surface area (Å²) >= 11 is 0. The van der Waals surface area contributed by atoms with E-state index in [1.165, 1.54) is 0 Å². The molecular formula is C9H16N4O. The second-order valence-corrected chi connectivity index (χ2v) is 3.62. The van der Waals surface area contributed by atoms with Crippen molar-refractivity contribution in [2.24, 2.45) is 0 Å². The monoisotopic (exact) mass is 196 g/mol. The number of aromatic nitrogens is 2. The van der Waals surface area contributed by atoms with Crippen LogP contribution >= 0.6 is 0 Å². The van der Waals surface area contributed by atoms with Crippen molar-refractivity contribution >= 4 is 11.7 Å². The molecule has 78 valence electrons. The topological polar surface area (TPSA) is 72.9 Å². The van der Waals surface area contributed by atoms with E-state index in [1.54, 1.807) is 10.9 Å². The average Bonchev–Trinajstić information content (AvgIpc) is 2.28. The van der Waals surface area contributed by atoms with Gasteiger partial charge in [-0.25, -0.2) is 0 Å². The van der Waals surface area contributed by atoms with Crippen LogP contribution < -0.4 is 11.1 Å². The van der Waals surface area contributed by atoms with Crippen molar-refractivity contribution in [3.05, 3.63) is 11.8 Å². The Morgan fingerprint density at radius 2 is 2.36 bits per heavy atom. The Morgan fingerprint density at radius 3 is 2.79 bits per heavy atom. The van der Waals surface area contributed by atoms with Gasteiger partial charge in [-0.15, -0.1) is 0 Å². The molecule has 0 aliphatic carbocycles. The Balaban J connectivity index is 2.56. The first kappa shape index (κ1) is 10.6. The Labute approximate surface area is 83.3 Å². The first-order chi connectivity index (χ1) is 6.49. The molecule has 1 aromatic heterocycles. The zero-order valence-corrected chi connectivity index (χ0v) is 8.74. The fourth-order valence-corrected chi connectivity index (χ4v) is 1.13. The summed E-state index contributed by atoms with van der Waals surface area (Å²) in [6.45, 7) is 5.91. The molecule has 3 N–H and O–H groups in total.